The van der Waals surface area contributed by atoms with E-state index in [1.165, 1.54) is 0 Å². The second-order valence-electron chi connectivity index (χ2n) is 6.73. The lowest BCUT2D eigenvalue weighted by Gasteiger charge is -2.16. The van der Waals surface area contributed by atoms with Crippen LogP contribution in [0, 0.1) is 5.92 Å². The fourth-order valence-corrected chi connectivity index (χ4v) is 3.04. The fraction of sp³-hybridized carbons (Fsp3) is 0.318. The minimum Gasteiger partial charge on any atom is -0.497 e. The molecule has 2 rings (SSSR count). The molecule has 0 aromatic heterocycles. The molecule has 1 unspecified atom stereocenters. The minimum absolute atomic E-state index is 0.0264. The van der Waals surface area contributed by atoms with Crippen molar-refractivity contribution in [3.05, 3.63) is 64.7 Å². The first-order valence-electron chi connectivity index (χ1n) is 9.26. The molecule has 2 aromatic rings. The summed E-state index contributed by atoms with van der Waals surface area (Å²) >= 11 is 5.87. The normalized spacial score (nSPS) is 11.5. The summed E-state index contributed by atoms with van der Waals surface area (Å²) in [6.45, 7) is 0.0264. The summed E-state index contributed by atoms with van der Waals surface area (Å²) in [5, 5.41) is 12.0. The summed E-state index contributed by atoms with van der Waals surface area (Å²) in [5.41, 5.74) is 1.72. The van der Waals surface area contributed by atoms with Crippen LogP contribution in [0.5, 0.6) is 5.75 Å². The van der Waals surface area contributed by atoms with Gasteiger partial charge < -0.3 is 15.2 Å². The van der Waals surface area contributed by atoms with Crippen LogP contribution in [0.15, 0.2) is 48.5 Å². The van der Waals surface area contributed by atoms with Crippen molar-refractivity contribution in [1.82, 2.24) is 5.32 Å². The third kappa shape index (κ3) is 7.95. The van der Waals surface area contributed by atoms with E-state index in [1.807, 2.05) is 12.1 Å². The number of carbonyl (C=O) groups excluding carboxylic acids is 2. The van der Waals surface area contributed by atoms with E-state index in [9.17, 15) is 14.4 Å². The zero-order chi connectivity index (χ0) is 21.2. The SMILES string of the molecule is COc1ccc(CC(CC(=O)Cc2ccc(Cl)cc2)C(=O)NCCC(=O)O)cc1. The van der Waals surface area contributed by atoms with Gasteiger partial charge >= 0.3 is 5.97 Å². The van der Waals surface area contributed by atoms with Gasteiger partial charge in [-0.2, -0.15) is 0 Å². The molecule has 154 valence electrons. The molecule has 1 atom stereocenters. The number of hydrogen-bond acceptors (Lipinski definition) is 4. The highest BCUT2D eigenvalue weighted by Crippen LogP contribution is 2.19. The lowest BCUT2D eigenvalue weighted by molar-refractivity contribution is -0.137. The van der Waals surface area contributed by atoms with Crippen LogP contribution in [0.3, 0.4) is 0 Å². The lowest BCUT2D eigenvalue weighted by atomic mass is 9.91. The van der Waals surface area contributed by atoms with Crippen LogP contribution in [-0.2, 0) is 27.2 Å². The first kappa shape index (κ1) is 22.4. The molecule has 0 saturated heterocycles. The van der Waals surface area contributed by atoms with Crippen molar-refractivity contribution >= 4 is 29.3 Å². The third-order valence-electron chi connectivity index (χ3n) is 4.44. The van der Waals surface area contributed by atoms with E-state index in [0.29, 0.717) is 17.2 Å². The number of methoxy groups -OCH3 is 1. The highest BCUT2D eigenvalue weighted by Gasteiger charge is 2.22. The molecule has 0 heterocycles. The van der Waals surface area contributed by atoms with Crippen molar-refractivity contribution in [1.29, 1.82) is 0 Å². The monoisotopic (exact) mass is 417 g/mol. The van der Waals surface area contributed by atoms with Crippen LogP contribution in [0.2, 0.25) is 5.02 Å². The van der Waals surface area contributed by atoms with Gasteiger partial charge in [0.05, 0.1) is 13.5 Å². The summed E-state index contributed by atoms with van der Waals surface area (Å²) in [5.74, 6) is -1.27. The minimum atomic E-state index is -0.990. The standard InChI is InChI=1S/C22H24ClNO5/c1-29-20-8-4-15(5-9-20)12-17(22(28)24-11-10-21(26)27)14-19(25)13-16-2-6-18(23)7-3-16/h2-9,17H,10-14H2,1H3,(H,24,28)(H,26,27). The number of benzene rings is 2. The smallest absolute Gasteiger partial charge is 0.305 e. The number of halogens is 1. The van der Waals surface area contributed by atoms with Crippen molar-refractivity contribution in [3.63, 3.8) is 0 Å². The highest BCUT2D eigenvalue weighted by atomic mass is 35.5. The van der Waals surface area contributed by atoms with Crippen LogP contribution < -0.4 is 10.1 Å². The number of carbonyl (C=O) groups is 3. The van der Waals surface area contributed by atoms with Crippen molar-refractivity contribution in [2.45, 2.75) is 25.7 Å². The Balaban J connectivity index is 2.05. The molecule has 2 N–H and O–H groups in total. The molecular formula is C22H24ClNO5. The Morgan fingerprint density at radius 1 is 1.03 bits per heavy atom. The number of ketones is 1. The predicted molar refractivity (Wildman–Crippen MR) is 110 cm³/mol. The van der Waals surface area contributed by atoms with Gasteiger partial charge in [-0.15, -0.1) is 0 Å². The number of ether oxygens (including phenoxy) is 1. The number of rotatable bonds is 11. The van der Waals surface area contributed by atoms with E-state index in [-0.39, 0.29) is 37.5 Å². The average molecular weight is 418 g/mol. The molecule has 0 radical (unpaired) electrons. The molecule has 0 saturated carbocycles. The van der Waals surface area contributed by atoms with E-state index >= 15 is 0 Å². The van der Waals surface area contributed by atoms with Gasteiger partial charge in [0.25, 0.3) is 0 Å². The van der Waals surface area contributed by atoms with Gasteiger partial charge in [0, 0.05) is 30.3 Å². The van der Waals surface area contributed by atoms with Crippen LogP contribution in [0.4, 0.5) is 0 Å². The second kappa shape index (κ2) is 11.2. The van der Waals surface area contributed by atoms with Gasteiger partial charge in [0.1, 0.15) is 11.5 Å². The van der Waals surface area contributed by atoms with E-state index in [0.717, 1.165) is 11.1 Å². The third-order valence-corrected chi connectivity index (χ3v) is 4.69. The Labute approximate surface area is 174 Å². The zero-order valence-corrected chi connectivity index (χ0v) is 16.9. The molecule has 0 fully saturated rings. The summed E-state index contributed by atoms with van der Waals surface area (Å²) in [4.78, 5) is 35.8. The molecule has 2 aromatic carbocycles. The Morgan fingerprint density at radius 2 is 1.66 bits per heavy atom. The first-order valence-corrected chi connectivity index (χ1v) is 9.63. The van der Waals surface area contributed by atoms with Gasteiger partial charge in [0.15, 0.2) is 0 Å². The average Bonchev–Trinajstić information content (AvgIpc) is 2.69. The van der Waals surface area contributed by atoms with E-state index in [2.05, 4.69) is 5.32 Å². The first-order chi connectivity index (χ1) is 13.9. The number of nitrogens with one attached hydrogen (secondary N) is 1. The van der Waals surface area contributed by atoms with Gasteiger partial charge in [0.2, 0.25) is 5.91 Å². The topological polar surface area (TPSA) is 92.7 Å². The van der Waals surface area contributed by atoms with Gasteiger partial charge in [-0.1, -0.05) is 35.9 Å². The zero-order valence-electron chi connectivity index (χ0n) is 16.2. The van der Waals surface area contributed by atoms with Crippen molar-refractivity contribution < 1.29 is 24.2 Å². The molecule has 0 aliphatic heterocycles. The van der Waals surface area contributed by atoms with Crippen molar-refractivity contribution in [3.8, 4) is 5.75 Å². The molecule has 0 aliphatic rings. The van der Waals surface area contributed by atoms with Crippen LogP contribution in [0.1, 0.15) is 24.0 Å². The largest absolute Gasteiger partial charge is 0.497 e. The Hall–Kier alpha value is -2.86. The van der Waals surface area contributed by atoms with E-state index < -0.39 is 11.9 Å². The van der Waals surface area contributed by atoms with E-state index in [4.69, 9.17) is 21.4 Å². The van der Waals surface area contributed by atoms with Gasteiger partial charge in [-0.05, 0) is 41.8 Å². The van der Waals surface area contributed by atoms with Gasteiger partial charge in [-0.25, -0.2) is 0 Å². The lowest BCUT2D eigenvalue weighted by Crippen LogP contribution is -2.34. The number of carboxylic acids is 1. The maximum absolute atomic E-state index is 12.6. The number of hydrogen-bond donors (Lipinski definition) is 2. The number of amides is 1. The Bertz CT molecular complexity index is 833. The van der Waals surface area contributed by atoms with Crippen LogP contribution in [0.25, 0.3) is 0 Å². The summed E-state index contributed by atoms with van der Waals surface area (Å²) in [6, 6.07) is 14.3. The maximum atomic E-state index is 12.6. The second-order valence-corrected chi connectivity index (χ2v) is 7.17. The fourth-order valence-electron chi connectivity index (χ4n) is 2.92. The molecule has 6 nitrogen and oxygen atoms in total. The predicted octanol–water partition coefficient (Wildman–Crippen LogP) is 3.30. The summed E-state index contributed by atoms with van der Waals surface area (Å²) < 4.78 is 5.14. The maximum Gasteiger partial charge on any atom is 0.305 e. The van der Waals surface area contributed by atoms with Crippen LogP contribution >= 0.6 is 11.6 Å². The Morgan fingerprint density at radius 3 is 2.24 bits per heavy atom. The van der Waals surface area contributed by atoms with E-state index in [1.54, 1.807) is 43.5 Å². The summed E-state index contributed by atoms with van der Waals surface area (Å²) in [7, 11) is 1.57. The molecule has 0 bridgehead atoms. The highest BCUT2D eigenvalue weighted by molar-refractivity contribution is 6.30. The van der Waals surface area contributed by atoms with Crippen molar-refractivity contribution in [2.75, 3.05) is 13.7 Å². The molecule has 1 amide bonds. The Kier molecular flexibility index (Phi) is 8.68. The number of Topliss-reactive ketones (excluding diaryl/α,β-unsaturated/α-hetero) is 1. The summed E-state index contributed by atoms with van der Waals surface area (Å²) in [6.07, 6.45) is 0.473. The quantitative estimate of drug-likeness (QED) is 0.585. The molecule has 0 aliphatic carbocycles. The van der Waals surface area contributed by atoms with Crippen molar-refractivity contribution in [2.24, 2.45) is 5.92 Å². The number of carboxylic acid groups (broad SMARTS) is 1. The van der Waals surface area contributed by atoms with Crippen LogP contribution in [-0.4, -0.2) is 36.4 Å². The number of aliphatic carboxylic acids is 1. The molecular weight excluding hydrogens is 394 g/mol. The molecule has 7 heteroatoms. The molecule has 29 heavy (non-hydrogen) atoms. The van der Waals surface area contributed by atoms with Gasteiger partial charge in [-0.3, -0.25) is 14.4 Å². The molecule has 0 spiro atoms.